The summed E-state index contributed by atoms with van der Waals surface area (Å²) < 4.78 is 2.29. The number of benzene rings is 2. The summed E-state index contributed by atoms with van der Waals surface area (Å²) >= 11 is 0. The second kappa shape index (κ2) is 7.88. The second-order valence-electron chi connectivity index (χ2n) is 9.90. The van der Waals surface area contributed by atoms with Gasteiger partial charge in [0.1, 0.15) is 7.05 Å². The lowest BCUT2D eigenvalue weighted by Gasteiger charge is -2.17. The fourth-order valence-corrected chi connectivity index (χ4v) is 4.35. The molecule has 0 bridgehead atoms. The van der Waals surface area contributed by atoms with E-state index < -0.39 is 0 Å². The van der Waals surface area contributed by atoms with Gasteiger partial charge in [-0.3, -0.25) is 9.97 Å². The van der Waals surface area contributed by atoms with Gasteiger partial charge in [-0.1, -0.05) is 44.5 Å². The molecule has 0 spiro atoms. The van der Waals surface area contributed by atoms with Crippen molar-refractivity contribution in [2.24, 2.45) is 12.5 Å². The van der Waals surface area contributed by atoms with E-state index in [-0.39, 0.29) is 5.41 Å². The van der Waals surface area contributed by atoms with Gasteiger partial charge in [-0.15, -0.1) is 0 Å². The first-order chi connectivity index (χ1) is 14.6. The van der Waals surface area contributed by atoms with Crippen LogP contribution >= 0.6 is 0 Å². The highest BCUT2D eigenvalue weighted by Crippen LogP contribution is 2.30. The van der Waals surface area contributed by atoms with Crippen molar-refractivity contribution in [2.45, 2.75) is 48.0 Å². The highest BCUT2D eigenvalue weighted by atomic mass is 14.9. The van der Waals surface area contributed by atoms with Crippen LogP contribution in [-0.4, -0.2) is 9.97 Å². The number of pyridine rings is 1. The smallest absolute Gasteiger partial charge is 0.213 e. The zero-order valence-electron chi connectivity index (χ0n) is 19.7. The fourth-order valence-electron chi connectivity index (χ4n) is 4.35. The summed E-state index contributed by atoms with van der Waals surface area (Å²) in [4.78, 5) is 9.46. The average Bonchev–Trinajstić information content (AvgIpc) is 2.70. The first-order valence-electron chi connectivity index (χ1n) is 11.0. The van der Waals surface area contributed by atoms with Gasteiger partial charge in [0.15, 0.2) is 0 Å². The standard InChI is InChI=1S/C28H32N3/c1-18-13-19(2)20(3)24(14-18)27-12-11-23-22(9-8-10-26(23)31(27)7)25-17-29-21(16-30-25)15-28(4,5)6/h8-14,16-17H,15H2,1-7H3/q+1. The van der Waals surface area contributed by atoms with Crippen LogP contribution in [0.15, 0.2) is 54.9 Å². The van der Waals surface area contributed by atoms with Crippen LogP contribution in [0.2, 0.25) is 0 Å². The Balaban J connectivity index is 1.82. The Labute approximate surface area is 185 Å². The van der Waals surface area contributed by atoms with Crippen LogP contribution in [0.25, 0.3) is 33.4 Å². The summed E-state index contributed by atoms with van der Waals surface area (Å²) in [6, 6.07) is 15.4. The SMILES string of the molecule is Cc1cc(C)c(C)c(-c2ccc3c(-c4cnc(CC(C)(C)C)cn4)cccc3[n+]2C)c1. The summed E-state index contributed by atoms with van der Waals surface area (Å²) in [5.74, 6) is 0. The summed E-state index contributed by atoms with van der Waals surface area (Å²) in [6.07, 6.45) is 4.76. The molecule has 0 saturated heterocycles. The summed E-state index contributed by atoms with van der Waals surface area (Å²) in [6.45, 7) is 13.2. The Kier molecular flexibility index (Phi) is 5.38. The molecule has 2 heterocycles. The van der Waals surface area contributed by atoms with Crippen molar-refractivity contribution in [3.63, 3.8) is 0 Å². The highest BCUT2D eigenvalue weighted by molar-refractivity contribution is 5.92. The number of hydrogen-bond donors (Lipinski definition) is 0. The molecule has 4 aromatic rings. The minimum atomic E-state index is 0.200. The van der Waals surface area contributed by atoms with E-state index in [4.69, 9.17) is 9.97 Å². The van der Waals surface area contributed by atoms with Gasteiger partial charge >= 0.3 is 0 Å². The van der Waals surface area contributed by atoms with Crippen LogP contribution in [-0.2, 0) is 13.5 Å². The molecule has 0 radical (unpaired) electrons. The molecule has 0 aliphatic carbocycles. The third-order valence-electron chi connectivity index (χ3n) is 5.99. The number of rotatable bonds is 3. The Morgan fingerprint density at radius 2 is 1.65 bits per heavy atom. The predicted octanol–water partition coefficient (Wildman–Crippen LogP) is 6.30. The number of aromatic nitrogens is 3. The van der Waals surface area contributed by atoms with Crippen molar-refractivity contribution >= 4 is 10.9 Å². The van der Waals surface area contributed by atoms with Crippen LogP contribution in [0, 0.1) is 26.2 Å². The van der Waals surface area contributed by atoms with E-state index in [2.05, 4.69) is 95.6 Å². The lowest BCUT2D eigenvalue weighted by Crippen LogP contribution is -2.32. The third kappa shape index (κ3) is 4.23. The van der Waals surface area contributed by atoms with Crippen LogP contribution in [0.5, 0.6) is 0 Å². The number of nitrogens with zero attached hydrogens (tertiary/aromatic N) is 3. The van der Waals surface area contributed by atoms with Crippen molar-refractivity contribution in [2.75, 3.05) is 0 Å². The Bertz CT molecular complexity index is 1260. The summed E-state index contributed by atoms with van der Waals surface area (Å²) in [5, 5.41) is 1.19. The molecule has 158 valence electrons. The van der Waals surface area contributed by atoms with Gasteiger partial charge in [0, 0.05) is 29.5 Å². The van der Waals surface area contributed by atoms with E-state index in [0.29, 0.717) is 0 Å². The van der Waals surface area contributed by atoms with Gasteiger partial charge in [-0.25, -0.2) is 0 Å². The summed E-state index contributed by atoms with van der Waals surface area (Å²) in [5.41, 5.74) is 10.9. The van der Waals surface area contributed by atoms with E-state index in [9.17, 15) is 0 Å². The van der Waals surface area contributed by atoms with Gasteiger partial charge in [0.25, 0.3) is 0 Å². The first-order valence-corrected chi connectivity index (χ1v) is 11.0. The molecule has 31 heavy (non-hydrogen) atoms. The first kappa shape index (κ1) is 21.2. The molecule has 2 aromatic carbocycles. The molecule has 0 saturated carbocycles. The van der Waals surface area contributed by atoms with Crippen molar-refractivity contribution < 1.29 is 4.57 Å². The van der Waals surface area contributed by atoms with Crippen LogP contribution in [0.1, 0.15) is 43.2 Å². The Morgan fingerprint density at radius 1 is 0.871 bits per heavy atom. The molecule has 0 fully saturated rings. The molecule has 3 heteroatoms. The third-order valence-corrected chi connectivity index (χ3v) is 5.99. The van der Waals surface area contributed by atoms with Crippen molar-refractivity contribution in [1.82, 2.24) is 9.97 Å². The highest BCUT2D eigenvalue weighted by Gasteiger charge is 2.19. The number of fused-ring (bicyclic) bond motifs is 1. The largest absolute Gasteiger partial charge is 0.257 e. The van der Waals surface area contributed by atoms with E-state index in [1.807, 2.05) is 12.4 Å². The van der Waals surface area contributed by atoms with Crippen LogP contribution in [0.3, 0.4) is 0 Å². The van der Waals surface area contributed by atoms with Gasteiger partial charge in [0.05, 0.1) is 23.0 Å². The molecule has 0 atom stereocenters. The molecule has 3 nitrogen and oxygen atoms in total. The maximum absolute atomic E-state index is 4.76. The fraction of sp³-hybridized carbons (Fsp3) is 0.321. The molecular formula is C28H32N3+. The van der Waals surface area contributed by atoms with Gasteiger partial charge < -0.3 is 0 Å². The topological polar surface area (TPSA) is 29.7 Å². The van der Waals surface area contributed by atoms with Gasteiger partial charge in [-0.2, -0.15) is 4.57 Å². The molecular weight excluding hydrogens is 378 g/mol. The monoisotopic (exact) mass is 410 g/mol. The average molecular weight is 411 g/mol. The molecule has 2 aromatic heterocycles. The number of hydrogen-bond acceptors (Lipinski definition) is 2. The molecule has 4 rings (SSSR count). The Morgan fingerprint density at radius 3 is 2.32 bits per heavy atom. The maximum atomic E-state index is 4.76. The quantitative estimate of drug-likeness (QED) is 0.371. The van der Waals surface area contributed by atoms with Crippen molar-refractivity contribution in [1.29, 1.82) is 0 Å². The van der Waals surface area contributed by atoms with Crippen LogP contribution < -0.4 is 4.57 Å². The lowest BCUT2D eigenvalue weighted by atomic mass is 9.91. The lowest BCUT2D eigenvalue weighted by molar-refractivity contribution is -0.633. The normalized spacial score (nSPS) is 11.8. The maximum Gasteiger partial charge on any atom is 0.213 e. The molecule has 0 amide bonds. The van der Waals surface area contributed by atoms with Crippen LogP contribution in [0.4, 0.5) is 0 Å². The number of aryl methyl sites for hydroxylation is 3. The predicted molar refractivity (Wildman–Crippen MR) is 129 cm³/mol. The molecule has 0 aliphatic rings. The zero-order valence-corrected chi connectivity index (χ0v) is 19.7. The molecule has 0 N–H and O–H groups in total. The molecule has 0 aliphatic heterocycles. The molecule has 0 unspecified atom stereocenters. The Hall–Kier alpha value is -3.07. The van der Waals surface area contributed by atoms with E-state index in [1.54, 1.807) is 0 Å². The van der Waals surface area contributed by atoms with Gasteiger partial charge in [0.2, 0.25) is 11.2 Å². The van der Waals surface area contributed by atoms with Crippen molar-refractivity contribution in [3.05, 3.63) is 77.2 Å². The van der Waals surface area contributed by atoms with Gasteiger partial charge in [-0.05, 0) is 55.9 Å². The zero-order chi connectivity index (χ0) is 22.3. The van der Waals surface area contributed by atoms with E-state index >= 15 is 0 Å². The summed E-state index contributed by atoms with van der Waals surface area (Å²) in [7, 11) is 2.15. The van der Waals surface area contributed by atoms with E-state index in [0.717, 1.165) is 23.4 Å². The minimum Gasteiger partial charge on any atom is -0.257 e. The minimum absolute atomic E-state index is 0.200. The van der Waals surface area contributed by atoms with E-state index in [1.165, 1.54) is 38.9 Å². The second-order valence-corrected chi connectivity index (χ2v) is 9.90. The van der Waals surface area contributed by atoms with Crippen molar-refractivity contribution in [3.8, 4) is 22.5 Å².